The van der Waals surface area contributed by atoms with Crippen LogP contribution in [0, 0.1) is 0 Å². The van der Waals surface area contributed by atoms with E-state index >= 15 is 0 Å². The Morgan fingerprint density at radius 3 is 2.13 bits per heavy atom. The second kappa shape index (κ2) is 10.4. The molecular weight excluding hydrogens is 188 g/mol. The molecule has 0 aliphatic carbocycles. The lowest BCUT2D eigenvalue weighted by atomic mass is 10.2. The first-order chi connectivity index (χ1) is 7.28. The van der Waals surface area contributed by atoms with E-state index in [-0.39, 0.29) is 0 Å². The van der Waals surface area contributed by atoms with Gasteiger partial charge in [0.25, 0.3) is 0 Å². The van der Waals surface area contributed by atoms with Crippen LogP contribution in [0.1, 0.15) is 33.6 Å². The molecule has 3 nitrogen and oxygen atoms in total. The standard InChI is InChI=1S/C12H28N2O/c1-5-8-14(9-6-2)10-12(11-15-4)13-7-3/h12-13H,5-11H2,1-4H3. The zero-order valence-electron chi connectivity index (χ0n) is 10.9. The van der Waals surface area contributed by atoms with Gasteiger partial charge in [0.05, 0.1) is 6.61 Å². The fraction of sp³-hybridized carbons (Fsp3) is 1.00. The molecule has 0 amide bonds. The molecule has 0 aromatic heterocycles. The first kappa shape index (κ1) is 14.9. The summed E-state index contributed by atoms with van der Waals surface area (Å²) in [5, 5.41) is 3.46. The van der Waals surface area contributed by atoms with Crippen molar-refractivity contribution in [3.8, 4) is 0 Å². The zero-order chi connectivity index (χ0) is 11.5. The maximum absolute atomic E-state index is 5.22. The van der Waals surface area contributed by atoms with Crippen molar-refractivity contribution in [2.24, 2.45) is 0 Å². The highest BCUT2D eigenvalue weighted by molar-refractivity contribution is 4.71. The highest BCUT2D eigenvalue weighted by Crippen LogP contribution is 1.97. The Hall–Kier alpha value is -0.120. The minimum atomic E-state index is 0.470. The number of likely N-dealkylation sites (N-methyl/N-ethyl adjacent to an activating group) is 1. The molecule has 0 spiro atoms. The molecule has 0 saturated heterocycles. The third-order valence-corrected chi connectivity index (χ3v) is 2.42. The Kier molecular flexibility index (Phi) is 10.3. The smallest absolute Gasteiger partial charge is 0.0628 e. The summed E-state index contributed by atoms with van der Waals surface area (Å²) < 4.78 is 5.22. The molecule has 0 aromatic rings. The number of hydrogen-bond donors (Lipinski definition) is 1. The van der Waals surface area contributed by atoms with Gasteiger partial charge in [0.1, 0.15) is 0 Å². The fourth-order valence-electron chi connectivity index (χ4n) is 1.90. The van der Waals surface area contributed by atoms with Crippen molar-refractivity contribution >= 4 is 0 Å². The molecule has 0 aliphatic rings. The molecule has 1 atom stereocenters. The lowest BCUT2D eigenvalue weighted by Gasteiger charge is -2.27. The van der Waals surface area contributed by atoms with Crippen LogP contribution in [0.4, 0.5) is 0 Å². The van der Waals surface area contributed by atoms with E-state index in [9.17, 15) is 0 Å². The molecule has 0 aliphatic heterocycles. The molecular formula is C12H28N2O. The van der Waals surface area contributed by atoms with Crippen molar-refractivity contribution in [1.29, 1.82) is 0 Å². The topological polar surface area (TPSA) is 24.5 Å². The molecule has 15 heavy (non-hydrogen) atoms. The highest BCUT2D eigenvalue weighted by atomic mass is 16.5. The number of hydrogen-bond acceptors (Lipinski definition) is 3. The predicted molar refractivity (Wildman–Crippen MR) is 66.4 cm³/mol. The van der Waals surface area contributed by atoms with Crippen molar-refractivity contribution in [1.82, 2.24) is 10.2 Å². The van der Waals surface area contributed by atoms with Gasteiger partial charge in [-0.05, 0) is 32.5 Å². The Labute approximate surface area is 95.2 Å². The first-order valence-electron chi connectivity index (χ1n) is 6.23. The molecule has 1 unspecified atom stereocenters. The van der Waals surface area contributed by atoms with Crippen LogP contribution < -0.4 is 5.32 Å². The van der Waals surface area contributed by atoms with Gasteiger partial charge in [-0.2, -0.15) is 0 Å². The summed E-state index contributed by atoms with van der Waals surface area (Å²) in [4.78, 5) is 2.52. The Bertz CT molecular complexity index is 105. The van der Waals surface area contributed by atoms with Gasteiger partial charge in [-0.3, -0.25) is 0 Å². The Morgan fingerprint density at radius 2 is 1.73 bits per heavy atom. The number of methoxy groups -OCH3 is 1. The number of ether oxygens (including phenoxy) is 1. The quantitative estimate of drug-likeness (QED) is 0.602. The predicted octanol–water partition coefficient (Wildman–Crippen LogP) is 1.73. The lowest BCUT2D eigenvalue weighted by Crippen LogP contribution is -2.44. The van der Waals surface area contributed by atoms with Crippen LogP contribution in [0.2, 0.25) is 0 Å². The average molecular weight is 216 g/mol. The highest BCUT2D eigenvalue weighted by Gasteiger charge is 2.11. The summed E-state index contributed by atoms with van der Waals surface area (Å²) in [5.41, 5.74) is 0. The first-order valence-corrected chi connectivity index (χ1v) is 6.23. The SMILES string of the molecule is CCCN(CCC)CC(COC)NCC. The summed E-state index contributed by atoms with van der Waals surface area (Å²) in [6, 6.07) is 0.470. The molecule has 3 heteroatoms. The fourth-order valence-corrected chi connectivity index (χ4v) is 1.90. The molecule has 0 rings (SSSR count). The molecule has 0 aromatic carbocycles. The van der Waals surface area contributed by atoms with Crippen LogP contribution in [-0.2, 0) is 4.74 Å². The zero-order valence-corrected chi connectivity index (χ0v) is 10.9. The third-order valence-electron chi connectivity index (χ3n) is 2.42. The number of rotatable bonds is 10. The van der Waals surface area contributed by atoms with Crippen LogP contribution >= 0.6 is 0 Å². The molecule has 0 heterocycles. The van der Waals surface area contributed by atoms with Gasteiger partial charge in [0.2, 0.25) is 0 Å². The molecule has 0 bridgehead atoms. The Morgan fingerprint density at radius 1 is 1.13 bits per heavy atom. The monoisotopic (exact) mass is 216 g/mol. The summed E-state index contributed by atoms with van der Waals surface area (Å²) in [5.74, 6) is 0. The van der Waals surface area contributed by atoms with E-state index in [2.05, 4.69) is 31.0 Å². The summed E-state index contributed by atoms with van der Waals surface area (Å²) in [6.07, 6.45) is 2.46. The average Bonchev–Trinajstić information content (AvgIpc) is 2.19. The van der Waals surface area contributed by atoms with Gasteiger partial charge in [-0.15, -0.1) is 0 Å². The van der Waals surface area contributed by atoms with Crippen LogP contribution in [0.5, 0.6) is 0 Å². The third kappa shape index (κ3) is 7.77. The van der Waals surface area contributed by atoms with Gasteiger partial charge in [-0.25, -0.2) is 0 Å². The van der Waals surface area contributed by atoms with E-state index in [0.717, 1.165) is 19.7 Å². The molecule has 92 valence electrons. The van der Waals surface area contributed by atoms with Crippen LogP contribution in [-0.4, -0.2) is 50.8 Å². The van der Waals surface area contributed by atoms with E-state index in [1.54, 1.807) is 7.11 Å². The molecule has 0 fully saturated rings. The molecule has 1 N–H and O–H groups in total. The van der Waals surface area contributed by atoms with Crippen molar-refractivity contribution in [2.45, 2.75) is 39.7 Å². The van der Waals surface area contributed by atoms with E-state index in [4.69, 9.17) is 4.74 Å². The molecule has 0 saturated carbocycles. The second-order valence-electron chi connectivity index (χ2n) is 4.01. The largest absolute Gasteiger partial charge is 0.383 e. The van der Waals surface area contributed by atoms with Crippen LogP contribution in [0.25, 0.3) is 0 Å². The van der Waals surface area contributed by atoms with Crippen LogP contribution in [0.15, 0.2) is 0 Å². The van der Waals surface area contributed by atoms with Crippen LogP contribution in [0.3, 0.4) is 0 Å². The maximum atomic E-state index is 5.22. The maximum Gasteiger partial charge on any atom is 0.0628 e. The van der Waals surface area contributed by atoms with Gasteiger partial charge in [-0.1, -0.05) is 20.8 Å². The van der Waals surface area contributed by atoms with Crippen molar-refractivity contribution < 1.29 is 4.74 Å². The van der Waals surface area contributed by atoms with Gasteiger partial charge < -0.3 is 15.0 Å². The summed E-state index contributed by atoms with van der Waals surface area (Å²) >= 11 is 0. The number of nitrogens with zero attached hydrogens (tertiary/aromatic N) is 1. The van der Waals surface area contributed by atoms with Gasteiger partial charge in [0, 0.05) is 19.7 Å². The Balaban J connectivity index is 3.93. The minimum absolute atomic E-state index is 0.470. The van der Waals surface area contributed by atoms with Crippen molar-refractivity contribution in [2.75, 3.05) is 39.9 Å². The van der Waals surface area contributed by atoms with Crippen molar-refractivity contribution in [3.63, 3.8) is 0 Å². The molecule has 0 radical (unpaired) electrons. The van der Waals surface area contributed by atoms with E-state index < -0.39 is 0 Å². The van der Waals surface area contributed by atoms with Gasteiger partial charge >= 0.3 is 0 Å². The number of nitrogens with one attached hydrogen (secondary N) is 1. The lowest BCUT2D eigenvalue weighted by molar-refractivity contribution is 0.138. The van der Waals surface area contributed by atoms with E-state index in [1.807, 2.05) is 0 Å². The van der Waals surface area contributed by atoms with Gasteiger partial charge in [0.15, 0.2) is 0 Å². The summed E-state index contributed by atoms with van der Waals surface area (Å²) in [7, 11) is 1.77. The van der Waals surface area contributed by atoms with E-state index in [0.29, 0.717) is 6.04 Å². The van der Waals surface area contributed by atoms with E-state index in [1.165, 1.54) is 25.9 Å². The van der Waals surface area contributed by atoms with Crippen molar-refractivity contribution in [3.05, 3.63) is 0 Å². The minimum Gasteiger partial charge on any atom is -0.383 e. The second-order valence-corrected chi connectivity index (χ2v) is 4.01. The summed E-state index contributed by atoms with van der Waals surface area (Å²) in [6.45, 7) is 11.9. The normalized spacial score (nSPS) is 13.4.